The molecule has 0 radical (unpaired) electrons. The summed E-state index contributed by atoms with van der Waals surface area (Å²) < 4.78 is 38.7. The van der Waals surface area contributed by atoms with Gasteiger partial charge in [-0.25, -0.2) is 14.6 Å². The van der Waals surface area contributed by atoms with Crippen molar-refractivity contribution in [3.05, 3.63) is 94.8 Å². The van der Waals surface area contributed by atoms with E-state index in [0.717, 1.165) is 38.9 Å². The number of nitrogens with two attached hydrogens (primary N) is 1. The molecule has 0 saturated heterocycles. The Morgan fingerprint density at radius 2 is 1.87 bits per heavy atom. The lowest BCUT2D eigenvalue weighted by Crippen LogP contribution is -2.37. The number of fused-ring (bicyclic) bond motifs is 2. The first-order valence-corrected chi connectivity index (χ1v) is 19.1. The summed E-state index contributed by atoms with van der Waals surface area (Å²) in [5.74, 6) is -0.200. The fourth-order valence-electron chi connectivity index (χ4n) is 6.80. The molecule has 2 atom stereocenters. The number of para-hydroxylation sites is 1. The standard InChI is InChI=1S/C38H48N8O5S/c1-7-29-23-45(52(48,49)33-12-10-9-11-32(33)51-29)22-27-19-26(14-13-24(27)3)34(30-15-16-31-35(25(30)4)43-44-46(31)8-2)38(5,6)36(47)42-28-20-40-37(41-21-28)50-18-17-39/h9-16,19-21,29,34,48-49H,7-8,17-18,22-23,39H2,1-6H3,(H,42,47)/t29-,34+/m1/s1. The number of amides is 1. The van der Waals surface area contributed by atoms with Crippen LogP contribution in [0.1, 0.15) is 67.9 Å². The molecular formula is C38H48N8O5S. The second kappa shape index (κ2) is 15.2. The molecule has 52 heavy (non-hydrogen) atoms. The van der Waals surface area contributed by atoms with Crippen molar-refractivity contribution in [1.82, 2.24) is 29.3 Å². The third-order valence-corrected chi connectivity index (χ3v) is 11.8. The average Bonchev–Trinajstić information content (AvgIpc) is 3.52. The molecule has 1 amide bonds. The Labute approximate surface area is 306 Å². The minimum Gasteiger partial charge on any atom is -0.487 e. The Balaban J connectivity index is 1.41. The summed E-state index contributed by atoms with van der Waals surface area (Å²) in [7, 11) is -3.38. The van der Waals surface area contributed by atoms with Crippen molar-refractivity contribution in [3.63, 3.8) is 0 Å². The van der Waals surface area contributed by atoms with Gasteiger partial charge < -0.3 is 20.5 Å². The SMILES string of the molecule is CC[C@@H]1CN(Cc2cc([C@@H](c3ccc4c(nnn4CC)c3C)C(C)(C)C(=O)Nc3cnc(OCCN)nc3)ccc2C)S(O)(O)c2ccccc2O1. The fraction of sp³-hybridized carbons (Fsp3) is 0.395. The van der Waals surface area contributed by atoms with E-state index in [1.165, 1.54) is 12.4 Å². The lowest BCUT2D eigenvalue weighted by Gasteiger charge is -2.42. The molecule has 5 aromatic rings. The van der Waals surface area contributed by atoms with Crippen LogP contribution in [0.5, 0.6) is 11.8 Å². The Morgan fingerprint density at radius 1 is 1.12 bits per heavy atom. The van der Waals surface area contributed by atoms with Crippen LogP contribution in [0.25, 0.3) is 11.0 Å². The van der Waals surface area contributed by atoms with Crippen LogP contribution in [0, 0.1) is 19.3 Å². The predicted molar refractivity (Wildman–Crippen MR) is 203 cm³/mol. The van der Waals surface area contributed by atoms with E-state index in [-0.39, 0.29) is 31.2 Å². The molecule has 6 rings (SSSR count). The maximum absolute atomic E-state index is 14.4. The molecule has 0 unspecified atom stereocenters. The van der Waals surface area contributed by atoms with Crippen molar-refractivity contribution in [3.8, 4) is 11.8 Å². The van der Waals surface area contributed by atoms with Gasteiger partial charge in [0.05, 0.1) is 35.6 Å². The number of nitrogens with one attached hydrogen (secondary N) is 1. The molecule has 3 aromatic carbocycles. The van der Waals surface area contributed by atoms with Crippen LogP contribution in [-0.4, -0.2) is 70.1 Å². The number of carbonyl (C=O) groups excluding carboxylic acids is 1. The highest BCUT2D eigenvalue weighted by molar-refractivity contribution is 8.22. The minimum absolute atomic E-state index is 0.179. The number of aryl methyl sites for hydroxylation is 3. The Kier molecular flexibility index (Phi) is 10.8. The van der Waals surface area contributed by atoms with E-state index in [4.69, 9.17) is 15.2 Å². The number of hydrogen-bond donors (Lipinski definition) is 4. The Hall–Kier alpha value is -4.60. The number of nitrogens with zero attached hydrogens (tertiary/aromatic N) is 6. The topological polar surface area (TPSA) is 174 Å². The molecule has 14 heteroatoms. The minimum atomic E-state index is -3.38. The van der Waals surface area contributed by atoms with Crippen LogP contribution in [0.4, 0.5) is 5.69 Å². The summed E-state index contributed by atoms with van der Waals surface area (Å²) in [4.78, 5) is 23.2. The van der Waals surface area contributed by atoms with Gasteiger partial charge in [0.1, 0.15) is 28.9 Å². The smallest absolute Gasteiger partial charge is 0.316 e. The van der Waals surface area contributed by atoms with E-state index in [2.05, 4.69) is 37.7 Å². The van der Waals surface area contributed by atoms with Gasteiger partial charge in [-0.2, -0.15) is 4.31 Å². The van der Waals surface area contributed by atoms with Crippen LogP contribution >= 0.6 is 10.8 Å². The molecule has 3 heterocycles. The zero-order chi connectivity index (χ0) is 37.2. The number of ether oxygens (including phenoxy) is 2. The van der Waals surface area contributed by atoms with Crippen molar-refractivity contribution < 1.29 is 23.4 Å². The molecule has 13 nitrogen and oxygen atoms in total. The molecular weight excluding hydrogens is 681 g/mol. The molecule has 0 spiro atoms. The van der Waals surface area contributed by atoms with Gasteiger partial charge in [-0.3, -0.25) is 13.9 Å². The first-order chi connectivity index (χ1) is 24.9. The number of anilines is 1. The second-order valence-electron chi connectivity index (χ2n) is 13.7. The summed E-state index contributed by atoms with van der Waals surface area (Å²) in [5.41, 5.74) is 11.3. The van der Waals surface area contributed by atoms with Gasteiger partial charge in [-0.1, -0.05) is 62.4 Å². The van der Waals surface area contributed by atoms with Crippen LogP contribution < -0.4 is 20.5 Å². The van der Waals surface area contributed by atoms with Crippen molar-refractivity contribution in [2.24, 2.45) is 11.1 Å². The van der Waals surface area contributed by atoms with Crippen LogP contribution in [0.3, 0.4) is 0 Å². The van der Waals surface area contributed by atoms with Crippen LogP contribution in [-0.2, 0) is 17.9 Å². The fourth-order valence-corrected chi connectivity index (χ4v) is 8.42. The third kappa shape index (κ3) is 7.21. The predicted octanol–water partition coefficient (Wildman–Crippen LogP) is 6.69. The van der Waals surface area contributed by atoms with Gasteiger partial charge in [-0.15, -0.1) is 15.9 Å². The summed E-state index contributed by atoms with van der Waals surface area (Å²) in [6.07, 6.45) is 3.49. The zero-order valence-electron chi connectivity index (χ0n) is 30.5. The van der Waals surface area contributed by atoms with Crippen molar-refractivity contribution in [2.45, 2.75) is 78.0 Å². The number of hydrogen-bond acceptors (Lipinski definition) is 11. The number of benzene rings is 3. The van der Waals surface area contributed by atoms with Crippen LogP contribution in [0.15, 0.2) is 71.9 Å². The summed E-state index contributed by atoms with van der Waals surface area (Å²) in [5, 5.41) is 11.9. The molecule has 1 aliphatic rings. The molecule has 5 N–H and O–H groups in total. The van der Waals surface area contributed by atoms with Crippen molar-refractivity contribution in [1.29, 1.82) is 0 Å². The van der Waals surface area contributed by atoms with Gasteiger partial charge in [0.25, 0.3) is 0 Å². The summed E-state index contributed by atoms with van der Waals surface area (Å²) >= 11 is 0. The van der Waals surface area contributed by atoms with E-state index in [9.17, 15) is 13.9 Å². The largest absolute Gasteiger partial charge is 0.487 e. The lowest BCUT2D eigenvalue weighted by molar-refractivity contribution is -0.124. The molecule has 2 aromatic heterocycles. The van der Waals surface area contributed by atoms with Gasteiger partial charge in [0.2, 0.25) is 5.91 Å². The average molecular weight is 729 g/mol. The monoisotopic (exact) mass is 728 g/mol. The second-order valence-corrected chi connectivity index (χ2v) is 15.7. The molecule has 0 bridgehead atoms. The van der Waals surface area contributed by atoms with Gasteiger partial charge in [0.15, 0.2) is 0 Å². The lowest BCUT2D eigenvalue weighted by atomic mass is 9.69. The van der Waals surface area contributed by atoms with Gasteiger partial charge in [-0.05, 0) is 73.2 Å². The highest BCUT2D eigenvalue weighted by Gasteiger charge is 2.41. The van der Waals surface area contributed by atoms with Crippen molar-refractivity contribution >= 4 is 33.4 Å². The zero-order valence-corrected chi connectivity index (χ0v) is 31.4. The molecule has 0 saturated carbocycles. The van der Waals surface area contributed by atoms with E-state index >= 15 is 0 Å². The highest BCUT2D eigenvalue weighted by atomic mass is 32.3. The third-order valence-electron chi connectivity index (χ3n) is 9.85. The maximum Gasteiger partial charge on any atom is 0.316 e. The molecule has 0 aliphatic carbocycles. The first-order valence-electron chi connectivity index (χ1n) is 17.6. The first kappa shape index (κ1) is 37.2. The molecule has 0 fully saturated rings. The quantitative estimate of drug-likeness (QED) is 0.108. The molecule has 1 aliphatic heterocycles. The van der Waals surface area contributed by atoms with E-state index in [1.807, 2.05) is 70.5 Å². The van der Waals surface area contributed by atoms with E-state index < -0.39 is 22.1 Å². The Bertz CT molecular complexity index is 2050. The van der Waals surface area contributed by atoms with E-state index in [0.29, 0.717) is 42.4 Å². The van der Waals surface area contributed by atoms with Gasteiger partial charge >= 0.3 is 6.01 Å². The van der Waals surface area contributed by atoms with E-state index in [1.54, 1.807) is 22.5 Å². The van der Waals surface area contributed by atoms with Gasteiger partial charge in [0, 0.05) is 25.6 Å². The summed E-state index contributed by atoms with van der Waals surface area (Å²) in [6, 6.07) is 17.6. The highest BCUT2D eigenvalue weighted by Crippen LogP contribution is 2.57. The summed E-state index contributed by atoms with van der Waals surface area (Å²) in [6.45, 7) is 13.8. The number of rotatable bonds is 12. The molecule has 276 valence electrons. The van der Waals surface area contributed by atoms with Crippen LogP contribution in [0.2, 0.25) is 0 Å². The Morgan fingerprint density at radius 3 is 2.58 bits per heavy atom. The van der Waals surface area contributed by atoms with Crippen molar-refractivity contribution in [2.75, 3.05) is 25.0 Å². The number of carbonyl (C=O) groups is 1. The normalized spacial score (nSPS) is 17.1. The number of aromatic nitrogens is 5. The maximum atomic E-state index is 14.4.